The first-order chi connectivity index (χ1) is 9.72. The molecule has 20 heavy (non-hydrogen) atoms. The van der Waals surface area contributed by atoms with Gasteiger partial charge in [-0.3, -0.25) is 9.59 Å². The fourth-order valence-corrected chi connectivity index (χ4v) is 2.47. The molecule has 6 heteroatoms. The van der Waals surface area contributed by atoms with Gasteiger partial charge in [0.2, 0.25) is 5.91 Å². The van der Waals surface area contributed by atoms with Gasteiger partial charge in [0.05, 0.1) is 11.7 Å². The molecule has 2 heterocycles. The van der Waals surface area contributed by atoms with Crippen LogP contribution in [0.15, 0.2) is 18.2 Å². The fraction of sp³-hybridized carbons (Fsp3) is 0.429. The number of ether oxygens (including phenoxy) is 1. The van der Waals surface area contributed by atoms with E-state index in [2.05, 4.69) is 16.0 Å². The molecule has 0 aliphatic carbocycles. The van der Waals surface area contributed by atoms with Crippen molar-refractivity contribution in [3.63, 3.8) is 0 Å². The lowest BCUT2D eigenvalue weighted by Crippen LogP contribution is -2.43. The molecule has 2 amide bonds. The molecule has 2 aliphatic heterocycles. The molecule has 0 aromatic heterocycles. The molecule has 106 valence electrons. The molecule has 0 spiro atoms. The van der Waals surface area contributed by atoms with Gasteiger partial charge >= 0.3 is 0 Å². The van der Waals surface area contributed by atoms with Crippen molar-refractivity contribution in [1.29, 1.82) is 0 Å². The average Bonchev–Trinajstić information content (AvgIpc) is 2.47. The fourth-order valence-electron chi connectivity index (χ4n) is 2.47. The third-order valence-electron chi connectivity index (χ3n) is 3.51. The monoisotopic (exact) mass is 275 g/mol. The van der Waals surface area contributed by atoms with E-state index < -0.39 is 0 Å². The van der Waals surface area contributed by atoms with Crippen molar-refractivity contribution in [1.82, 2.24) is 5.32 Å². The van der Waals surface area contributed by atoms with E-state index in [1.165, 1.54) is 0 Å². The Bertz CT molecular complexity index is 538. The molecule has 1 fully saturated rings. The van der Waals surface area contributed by atoms with Crippen LogP contribution in [0, 0.1) is 0 Å². The highest BCUT2D eigenvalue weighted by molar-refractivity contribution is 5.98. The molecule has 1 unspecified atom stereocenters. The van der Waals surface area contributed by atoms with Crippen molar-refractivity contribution < 1.29 is 14.3 Å². The van der Waals surface area contributed by atoms with Gasteiger partial charge in [0, 0.05) is 5.69 Å². The first-order valence-corrected chi connectivity index (χ1v) is 6.83. The third kappa shape index (κ3) is 2.75. The Labute approximate surface area is 116 Å². The highest BCUT2D eigenvalue weighted by Gasteiger charge is 2.21. The topological polar surface area (TPSA) is 79.5 Å². The van der Waals surface area contributed by atoms with Crippen LogP contribution in [0.3, 0.4) is 0 Å². The first-order valence-electron chi connectivity index (χ1n) is 6.83. The number of carbonyl (C=O) groups is 2. The molecule has 3 rings (SSSR count). The number of piperidine rings is 1. The Hall–Kier alpha value is -2.08. The van der Waals surface area contributed by atoms with E-state index in [0.29, 0.717) is 17.1 Å². The maximum absolute atomic E-state index is 12.1. The van der Waals surface area contributed by atoms with Gasteiger partial charge in [-0.1, -0.05) is 6.42 Å². The maximum atomic E-state index is 12.1. The molecule has 0 radical (unpaired) electrons. The van der Waals surface area contributed by atoms with Crippen LogP contribution in [-0.4, -0.2) is 31.0 Å². The van der Waals surface area contributed by atoms with Gasteiger partial charge in [-0.2, -0.15) is 0 Å². The number of carbonyl (C=O) groups excluding carboxylic acids is 2. The first kappa shape index (κ1) is 12.9. The molecule has 1 saturated heterocycles. The second kappa shape index (κ2) is 5.50. The summed E-state index contributed by atoms with van der Waals surface area (Å²) in [6.07, 6.45) is 3.04. The zero-order chi connectivity index (χ0) is 13.9. The minimum atomic E-state index is -0.185. The second-order valence-electron chi connectivity index (χ2n) is 5.04. The lowest BCUT2D eigenvalue weighted by Gasteiger charge is -2.23. The molecule has 1 atom stereocenters. The summed E-state index contributed by atoms with van der Waals surface area (Å²) in [5.74, 6) is 0.404. The molecule has 0 saturated carbocycles. The van der Waals surface area contributed by atoms with Crippen LogP contribution in [-0.2, 0) is 9.59 Å². The Morgan fingerprint density at radius 1 is 1.35 bits per heavy atom. The lowest BCUT2D eigenvalue weighted by molar-refractivity contribution is -0.119. The van der Waals surface area contributed by atoms with Crippen molar-refractivity contribution in [2.45, 2.75) is 25.3 Å². The number of nitrogens with one attached hydrogen (secondary N) is 3. The van der Waals surface area contributed by atoms with Crippen LogP contribution in [0.4, 0.5) is 11.4 Å². The zero-order valence-electron chi connectivity index (χ0n) is 11.1. The molecule has 1 aromatic carbocycles. The summed E-state index contributed by atoms with van der Waals surface area (Å²) in [6.45, 7) is 0.914. The van der Waals surface area contributed by atoms with Gasteiger partial charge in [-0.05, 0) is 37.6 Å². The number of hydrogen-bond acceptors (Lipinski definition) is 4. The Morgan fingerprint density at radius 3 is 3.05 bits per heavy atom. The smallest absolute Gasteiger partial charge is 0.262 e. The number of anilines is 2. The number of amides is 2. The van der Waals surface area contributed by atoms with Gasteiger partial charge in [0.15, 0.2) is 6.61 Å². The summed E-state index contributed by atoms with van der Waals surface area (Å²) < 4.78 is 5.27. The minimum absolute atomic E-state index is 0.0324. The van der Waals surface area contributed by atoms with E-state index in [-0.39, 0.29) is 24.5 Å². The Morgan fingerprint density at radius 2 is 2.25 bits per heavy atom. The van der Waals surface area contributed by atoms with Crippen molar-refractivity contribution in [3.05, 3.63) is 18.2 Å². The second-order valence-corrected chi connectivity index (χ2v) is 5.04. The van der Waals surface area contributed by atoms with E-state index in [9.17, 15) is 9.59 Å². The zero-order valence-corrected chi connectivity index (χ0v) is 11.1. The molecule has 3 N–H and O–H groups in total. The Kier molecular flexibility index (Phi) is 3.56. The summed E-state index contributed by atoms with van der Waals surface area (Å²) in [5.41, 5.74) is 1.25. The Balaban J connectivity index is 1.69. The van der Waals surface area contributed by atoms with E-state index in [0.717, 1.165) is 25.8 Å². The van der Waals surface area contributed by atoms with Crippen LogP contribution >= 0.6 is 0 Å². The summed E-state index contributed by atoms with van der Waals surface area (Å²) in [5, 5.41) is 8.79. The van der Waals surface area contributed by atoms with Gasteiger partial charge in [0.1, 0.15) is 5.75 Å². The average molecular weight is 275 g/mol. The summed E-state index contributed by atoms with van der Waals surface area (Å²) >= 11 is 0. The molecular weight excluding hydrogens is 258 g/mol. The molecule has 6 nitrogen and oxygen atoms in total. The summed E-state index contributed by atoms with van der Waals surface area (Å²) in [6, 6.07) is 5.11. The van der Waals surface area contributed by atoms with Crippen LogP contribution in [0.5, 0.6) is 5.75 Å². The number of benzene rings is 1. The van der Waals surface area contributed by atoms with Crippen molar-refractivity contribution in [3.8, 4) is 5.75 Å². The third-order valence-corrected chi connectivity index (χ3v) is 3.51. The van der Waals surface area contributed by atoms with Gasteiger partial charge in [-0.25, -0.2) is 0 Å². The van der Waals surface area contributed by atoms with Crippen LogP contribution < -0.4 is 20.7 Å². The predicted octanol–water partition coefficient (Wildman–Crippen LogP) is 1.10. The lowest BCUT2D eigenvalue weighted by atomic mass is 10.0. The number of rotatable bonds is 2. The highest BCUT2D eigenvalue weighted by Crippen LogP contribution is 2.30. The largest absolute Gasteiger partial charge is 0.482 e. The molecule has 1 aromatic rings. The van der Waals surface area contributed by atoms with Crippen LogP contribution in [0.2, 0.25) is 0 Å². The maximum Gasteiger partial charge on any atom is 0.262 e. The van der Waals surface area contributed by atoms with Gasteiger partial charge in [-0.15, -0.1) is 0 Å². The van der Waals surface area contributed by atoms with Gasteiger partial charge in [0.25, 0.3) is 5.91 Å². The quantitative estimate of drug-likeness (QED) is 0.755. The predicted molar refractivity (Wildman–Crippen MR) is 74.8 cm³/mol. The van der Waals surface area contributed by atoms with E-state index >= 15 is 0 Å². The highest BCUT2D eigenvalue weighted by atomic mass is 16.5. The van der Waals surface area contributed by atoms with E-state index in [4.69, 9.17) is 4.74 Å². The minimum Gasteiger partial charge on any atom is -0.482 e. The normalized spacial score (nSPS) is 21.4. The van der Waals surface area contributed by atoms with Crippen molar-refractivity contribution >= 4 is 23.2 Å². The van der Waals surface area contributed by atoms with Gasteiger partial charge < -0.3 is 20.7 Å². The summed E-state index contributed by atoms with van der Waals surface area (Å²) in [7, 11) is 0. The van der Waals surface area contributed by atoms with Crippen LogP contribution in [0.25, 0.3) is 0 Å². The molecule has 2 aliphatic rings. The van der Waals surface area contributed by atoms with Crippen molar-refractivity contribution in [2.24, 2.45) is 0 Å². The van der Waals surface area contributed by atoms with E-state index in [1.807, 2.05) is 0 Å². The van der Waals surface area contributed by atoms with Crippen LogP contribution in [0.1, 0.15) is 19.3 Å². The SMILES string of the molecule is O=C1COc2ccc(NC(=O)C3CCCCN3)cc2N1. The molecular formula is C14H17N3O3. The number of fused-ring (bicyclic) bond motifs is 1. The molecule has 0 bridgehead atoms. The summed E-state index contributed by atoms with van der Waals surface area (Å²) in [4.78, 5) is 23.4. The number of hydrogen-bond donors (Lipinski definition) is 3. The standard InChI is InChI=1S/C14H17N3O3/c18-13-8-20-12-5-4-9(7-11(12)17-13)16-14(19)10-3-1-2-6-15-10/h4-5,7,10,15H,1-3,6,8H2,(H,16,19)(H,17,18). The van der Waals surface area contributed by atoms with E-state index in [1.54, 1.807) is 18.2 Å². The van der Waals surface area contributed by atoms with Crippen molar-refractivity contribution in [2.75, 3.05) is 23.8 Å².